The maximum absolute atomic E-state index is 3.42. The van der Waals surface area contributed by atoms with Gasteiger partial charge in [-0.1, -0.05) is 6.42 Å². The summed E-state index contributed by atoms with van der Waals surface area (Å²) in [6.07, 6.45) is 4.49. The summed E-state index contributed by atoms with van der Waals surface area (Å²) in [4.78, 5) is 0. The number of nitrogens with one attached hydrogen (secondary N) is 1. The van der Waals surface area contributed by atoms with E-state index in [1.54, 1.807) is 0 Å². The van der Waals surface area contributed by atoms with Crippen molar-refractivity contribution in [2.75, 3.05) is 13.1 Å². The van der Waals surface area contributed by atoms with Crippen LogP contribution in [0.15, 0.2) is 0 Å². The predicted octanol–water partition coefficient (Wildman–Crippen LogP) is 1.43. The Morgan fingerprint density at radius 1 is 1.00 bits per heavy atom. The first kappa shape index (κ1) is 7.36. The molecule has 1 nitrogen and oxygen atoms in total. The van der Waals surface area contributed by atoms with E-state index in [0.29, 0.717) is 0 Å². The molecule has 0 aromatic carbocycles. The summed E-state index contributed by atoms with van der Waals surface area (Å²) in [5.41, 5.74) is 0. The fourth-order valence-corrected chi connectivity index (χ4v) is 2.11. The smallest absolute Gasteiger partial charge is 0.00173 e. The van der Waals surface area contributed by atoms with Crippen LogP contribution in [0.4, 0.5) is 0 Å². The van der Waals surface area contributed by atoms with Gasteiger partial charge in [-0.25, -0.2) is 0 Å². The average Bonchev–Trinajstić information content (AvgIpc) is 2.15. The molecule has 2 rings (SSSR count). The first-order valence-corrected chi connectivity index (χ1v) is 3.67. The van der Waals surface area contributed by atoms with Crippen molar-refractivity contribution in [2.24, 2.45) is 11.8 Å². The van der Waals surface area contributed by atoms with Gasteiger partial charge >= 0.3 is 0 Å². The third-order valence-electron chi connectivity index (χ3n) is 2.63. The van der Waals surface area contributed by atoms with E-state index in [1.807, 2.05) is 0 Å². The highest BCUT2D eigenvalue weighted by Gasteiger charge is 2.30. The first-order chi connectivity index (χ1) is 3.97. The summed E-state index contributed by atoms with van der Waals surface area (Å²) in [6.45, 7) is 2.62. The molecule has 9 heavy (non-hydrogen) atoms. The summed E-state index contributed by atoms with van der Waals surface area (Å²) in [7, 11) is 0. The molecule has 1 heterocycles. The maximum Gasteiger partial charge on any atom is -0.00173 e. The van der Waals surface area contributed by atoms with Gasteiger partial charge < -0.3 is 5.32 Å². The van der Waals surface area contributed by atoms with E-state index in [9.17, 15) is 0 Å². The van der Waals surface area contributed by atoms with Gasteiger partial charge in [-0.15, -0.1) is 12.4 Å². The second-order valence-electron chi connectivity index (χ2n) is 3.11. The lowest BCUT2D eigenvalue weighted by Gasteiger charge is -2.02. The highest BCUT2D eigenvalue weighted by atomic mass is 35.5. The van der Waals surface area contributed by atoms with Crippen LogP contribution < -0.4 is 5.32 Å². The molecule has 54 valence electrons. The second-order valence-corrected chi connectivity index (χ2v) is 3.11. The van der Waals surface area contributed by atoms with Gasteiger partial charge in [0, 0.05) is 0 Å². The normalized spacial score (nSPS) is 40.0. The molecule has 2 heteroatoms. The van der Waals surface area contributed by atoms with Gasteiger partial charge in [0.2, 0.25) is 0 Å². The van der Waals surface area contributed by atoms with Gasteiger partial charge in [-0.2, -0.15) is 0 Å². The Labute approximate surface area is 62.6 Å². The van der Waals surface area contributed by atoms with Gasteiger partial charge in [0.15, 0.2) is 0 Å². The molecule has 1 aliphatic heterocycles. The van der Waals surface area contributed by atoms with Crippen LogP contribution in [-0.4, -0.2) is 13.1 Å². The quantitative estimate of drug-likeness (QED) is 0.547. The molecule has 2 fully saturated rings. The lowest BCUT2D eigenvalue weighted by molar-refractivity contribution is 0.494. The highest BCUT2D eigenvalue weighted by molar-refractivity contribution is 5.85. The highest BCUT2D eigenvalue weighted by Crippen LogP contribution is 2.33. The van der Waals surface area contributed by atoms with Crippen LogP contribution in [0.1, 0.15) is 19.3 Å². The molecule has 2 aliphatic rings. The Bertz CT molecular complexity index is 74.9. The van der Waals surface area contributed by atoms with Gasteiger partial charge in [-0.05, 0) is 37.8 Å². The zero-order chi connectivity index (χ0) is 5.40. The van der Waals surface area contributed by atoms with Crippen molar-refractivity contribution in [1.82, 2.24) is 5.32 Å². The summed E-state index contributed by atoms with van der Waals surface area (Å²) < 4.78 is 0. The standard InChI is InChI=1S/C7H13N.ClH/c1-2-6-4-8-5-7(6)3-1;/h6-8H,1-5H2;1H. The third kappa shape index (κ3) is 1.22. The molecule has 0 aromatic rings. The molecule has 1 saturated heterocycles. The van der Waals surface area contributed by atoms with E-state index in [2.05, 4.69) is 5.32 Å². The van der Waals surface area contributed by atoms with Crippen molar-refractivity contribution >= 4 is 12.4 Å². The molecule has 0 radical (unpaired) electrons. The molecule has 1 N–H and O–H groups in total. The SMILES string of the molecule is C1CC2CNCC2C1.Cl. The van der Waals surface area contributed by atoms with E-state index >= 15 is 0 Å². The number of hydrogen-bond donors (Lipinski definition) is 1. The minimum Gasteiger partial charge on any atom is -0.316 e. The van der Waals surface area contributed by atoms with E-state index in [0.717, 1.165) is 11.8 Å². The Morgan fingerprint density at radius 2 is 1.56 bits per heavy atom. The predicted molar refractivity (Wildman–Crippen MR) is 40.9 cm³/mol. The van der Waals surface area contributed by atoms with Crippen LogP contribution >= 0.6 is 12.4 Å². The molecule has 0 amide bonds. The number of halogens is 1. The molecule has 2 atom stereocenters. The zero-order valence-electron chi connectivity index (χ0n) is 5.60. The van der Waals surface area contributed by atoms with Crippen LogP contribution in [0.25, 0.3) is 0 Å². The van der Waals surface area contributed by atoms with Crippen LogP contribution in [0.3, 0.4) is 0 Å². The van der Waals surface area contributed by atoms with E-state index in [1.165, 1.54) is 32.4 Å². The van der Waals surface area contributed by atoms with E-state index in [4.69, 9.17) is 0 Å². The van der Waals surface area contributed by atoms with E-state index in [-0.39, 0.29) is 12.4 Å². The second kappa shape index (κ2) is 2.89. The number of fused-ring (bicyclic) bond motifs is 1. The summed E-state index contributed by atoms with van der Waals surface area (Å²) in [5.74, 6) is 2.13. The zero-order valence-corrected chi connectivity index (χ0v) is 6.41. The molecule has 2 unspecified atom stereocenters. The Morgan fingerprint density at radius 3 is 2.11 bits per heavy atom. The number of rotatable bonds is 0. The molecular formula is C7H14ClN. The topological polar surface area (TPSA) is 12.0 Å². The van der Waals surface area contributed by atoms with Crippen molar-refractivity contribution < 1.29 is 0 Å². The minimum atomic E-state index is 0. The van der Waals surface area contributed by atoms with Gasteiger partial charge in [0.25, 0.3) is 0 Å². The average molecular weight is 148 g/mol. The van der Waals surface area contributed by atoms with Crippen LogP contribution in [0, 0.1) is 11.8 Å². The Hall–Kier alpha value is 0.250. The van der Waals surface area contributed by atoms with Crippen molar-refractivity contribution in [2.45, 2.75) is 19.3 Å². The molecule has 1 aliphatic carbocycles. The molecule has 1 saturated carbocycles. The number of hydrogen-bond acceptors (Lipinski definition) is 1. The fourth-order valence-electron chi connectivity index (χ4n) is 2.11. The summed E-state index contributed by atoms with van der Waals surface area (Å²) in [6, 6.07) is 0. The monoisotopic (exact) mass is 147 g/mol. The lowest BCUT2D eigenvalue weighted by Crippen LogP contribution is -2.08. The van der Waals surface area contributed by atoms with Crippen LogP contribution in [0.2, 0.25) is 0 Å². The molecule has 0 bridgehead atoms. The molecule has 0 aromatic heterocycles. The van der Waals surface area contributed by atoms with Crippen LogP contribution in [-0.2, 0) is 0 Å². The summed E-state index contributed by atoms with van der Waals surface area (Å²) >= 11 is 0. The molecular weight excluding hydrogens is 134 g/mol. The van der Waals surface area contributed by atoms with Crippen molar-refractivity contribution in [3.05, 3.63) is 0 Å². The van der Waals surface area contributed by atoms with Crippen molar-refractivity contribution in [3.8, 4) is 0 Å². The lowest BCUT2D eigenvalue weighted by atomic mass is 10.0. The first-order valence-electron chi connectivity index (χ1n) is 3.67. The Kier molecular flexibility index (Phi) is 2.36. The van der Waals surface area contributed by atoms with Gasteiger partial charge in [-0.3, -0.25) is 0 Å². The van der Waals surface area contributed by atoms with Gasteiger partial charge in [0.05, 0.1) is 0 Å². The third-order valence-corrected chi connectivity index (χ3v) is 2.63. The van der Waals surface area contributed by atoms with Gasteiger partial charge in [0.1, 0.15) is 0 Å². The molecule has 0 spiro atoms. The minimum absolute atomic E-state index is 0. The van der Waals surface area contributed by atoms with Crippen molar-refractivity contribution in [3.63, 3.8) is 0 Å². The fraction of sp³-hybridized carbons (Fsp3) is 1.00. The Balaban J connectivity index is 0.000000405. The largest absolute Gasteiger partial charge is 0.316 e. The van der Waals surface area contributed by atoms with E-state index < -0.39 is 0 Å². The van der Waals surface area contributed by atoms with Crippen molar-refractivity contribution in [1.29, 1.82) is 0 Å². The summed E-state index contributed by atoms with van der Waals surface area (Å²) in [5, 5.41) is 3.42. The van der Waals surface area contributed by atoms with Crippen LogP contribution in [0.5, 0.6) is 0 Å². The maximum atomic E-state index is 3.42.